The Balaban J connectivity index is 2.74. The van der Waals surface area contributed by atoms with Gasteiger partial charge in [0.15, 0.2) is 0 Å². The topological polar surface area (TPSA) is 3.24 Å². The van der Waals surface area contributed by atoms with Gasteiger partial charge in [0.2, 0.25) is 0 Å². The number of hydrogen-bond donors (Lipinski definition) is 2. The van der Waals surface area contributed by atoms with Crippen molar-refractivity contribution in [3.8, 4) is 0 Å². The maximum atomic E-state index is 4.18. The molecular formula is C8H11NS2. The first-order valence-electron chi connectivity index (χ1n) is 3.40. The predicted molar refractivity (Wildman–Crippen MR) is 56.6 cm³/mol. The van der Waals surface area contributed by atoms with Crippen LogP contribution in [0, 0.1) is 0 Å². The SMILES string of the molecule is SCN(CS)c1ccccc1. The summed E-state index contributed by atoms with van der Waals surface area (Å²) >= 11 is 8.37. The lowest BCUT2D eigenvalue weighted by atomic mass is 10.3. The van der Waals surface area contributed by atoms with E-state index in [2.05, 4.69) is 30.2 Å². The zero-order valence-corrected chi connectivity index (χ0v) is 7.93. The molecule has 0 saturated carbocycles. The Bertz CT molecular complexity index is 197. The third-order valence-electron chi connectivity index (χ3n) is 1.46. The standard InChI is InChI=1S/C8H11NS2/c10-6-9(7-11)8-4-2-1-3-5-8/h1-5,10-11H,6-7H2. The molecule has 0 radical (unpaired) electrons. The molecule has 60 valence electrons. The van der Waals surface area contributed by atoms with Crippen molar-refractivity contribution in [2.45, 2.75) is 0 Å². The van der Waals surface area contributed by atoms with E-state index < -0.39 is 0 Å². The predicted octanol–water partition coefficient (Wildman–Crippen LogP) is 2.27. The second-order valence-electron chi connectivity index (χ2n) is 2.16. The minimum atomic E-state index is 0.702. The number of para-hydroxylation sites is 1. The minimum absolute atomic E-state index is 0.702. The van der Waals surface area contributed by atoms with Gasteiger partial charge >= 0.3 is 0 Å². The van der Waals surface area contributed by atoms with Crippen LogP contribution in [0.5, 0.6) is 0 Å². The highest BCUT2D eigenvalue weighted by Gasteiger charge is 1.98. The molecule has 0 unspecified atom stereocenters. The van der Waals surface area contributed by atoms with Crippen LogP contribution in [0.25, 0.3) is 0 Å². The van der Waals surface area contributed by atoms with Gasteiger partial charge in [-0.2, -0.15) is 25.3 Å². The van der Waals surface area contributed by atoms with E-state index in [-0.39, 0.29) is 0 Å². The van der Waals surface area contributed by atoms with Gasteiger partial charge in [0, 0.05) is 5.69 Å². The van der Waals surface area contributed by atoms with E-state index in [1.54, 1.807) is 0 Å². The van der Waals surface area contributed by atoms with Gasteiger partial charge < -0.3 is 4.90 Å². The molecule has 0 saturated heterocycles. The summed E-state index contributed by atoms with van der Waals surface area (Å²) in [4.78, 5) is 2.06. The third-order valence-corrected chi connectivity index (χ3v) is 2.15. The van der Waals surface area contributed by atoms with Gasteiger partial charge in [-0.1, -0.05) is 18.2 Å². The average molecular weight is 185 g/mol. The summed E-state index contributed by atoms with van der Waals surface area (Å²) in [5.74, 6) is 1.40. The number of anilines is 1. The van der Waals surface area contributed by atoms with Crippen LogP contribution in [-0.4, -0.2) is 11.8 Å². The zero-order valence-electron chi connectivity index (χ0n) is 6.14. The van der Waals surface area contributed by atoms with Gasteiger partial charge in [-0.3, -0.25) is 0 Å². The smallest absolute Gasteiger partial charge is 0.0618 e. The van der Waals surface area contributed by atoms with Gasteiger partial charge in [-0.15, -0.1) is 0 Å². The summed E-state index contributed by atoms with van der Waals surface area (Å²) in [5, 5.41) is 0. The van der Waals surface area contributed by atoms with Crippen LogP contribution >= 0.6 is 25.3 Å². The van der Waals surface area contributed by atoms with Crippen molar-refractivity contribution < 1.29 is 0 Å². The molecule has 3 heteroatoms. The van der Waals surface area contributed by atoms with E-state index in [4.69, 9.17) is 0 Å². The van der Waals surface area contributed by atoms with Crippen molar-refractivity contribution in [2.24, 2.45) is 0 Å². The molecule has 0 aliphatic rings. The van der Waals surface area contributed by atoms with Crippen molar-refractivity contribution in [1.82, 2.24) is 0 Å². The Morgan fingerprint density at radius 1 is 1.00 bits per heavy atom. The fraction of sp³-hybridized carbons (Fsp3) is 0.250. The molecule has 0 aliphatic heterocycles. The number of nitrogens with zero attached hydrogens (tertiary/aromatic N) is 1. The van der Waals surface area contributed by atoms with Crippen LogP contribution in [0.2, 0.25) is 0 Å². The molecule has 11 heavy (non-hydrogen) atoms. The Morgan fingerprint density at radius 3 is 2.00 bits per heavy atom. The molecule has 0 spiro atoms. The highest BCUT2D eigenvalue weighted by Crippen LogP contribution is 2.13. The Labute approximate surface area is 78.2 Å². The molecule has 1 aromatic rings. The first-order chi connectivity index (χ1) is 5.38. The fourth-order valence-electron chi connectivity index (χ4n) is 0.847. The van der Waals surface area contributed by atoms with E-state index in [0.29, 0.717) is 11.8 Å². The molecule has 0 aliphatic carbocycles. The minimum Gasteiger partial charge on any atom is -0.354 e. The fourth-order valence-corrected chi connectivity index (χ4v) is 1.53. The lowest BCUT2D eigenvalue weighted by Crippen LogP contribution is -2.18. The lowest BCUT2D eigenvalue weighted by molar-refractivity contribution is 1.07. The average Bonchev–Trinajstić information content (AvgIpc) is 2.09. The molecule has 1 aromatic carbocycles. The zero-order chi connectivity index (χ0) is 8.10. The van der Waals surface area contributed by atoms with Crippen LogP contribution in [-0.2, 0) is 0 Å². The summed E-state index contributed by atoms with van der Waals surface area (Å²) in [7, 11) is 0. The lowest BCUT2D eigenvalue weighted by Gasteiger charge is -2.19. The summed E-state index contributed by atoms with van der Waals surface area (Å²) in [5.41, 5.74) is 1.16. The Morgan fingerprint density at radius 2 is 1.55 bits per heavy atom. The summed E-state index contributed by atoms with van der Waals surface area (Å²) in [6.45, 7) is 0. The van der Waals surface area contributed by atoms with Crippen molar-refractivity contribution in [3.05, 3.63) is 30.3 Å². The van der Waals surface area contributed by atoms with Crippen LogP contribution in [0.15, 0.2) is 30.3 Å². The molecule has 0 atom stereocenters. The van der Waals surface area contributed by atoms with Crippen LogP contribution < -0.4 is 4.90 Å². The van der Waals surface area contributed by atoms with Gasteiger partial charge in [-0.25, -0.2) is 0 Å². The summed E-state index contributed by atoms with van der Waals surface area (Å²) < 4.78 is 0. The van der Waals surface area contributed by atoms with Crippen molar-refractivity contribution >= 4 is 30.9 Å². The van der Waals surface area contributed by atoms with E-state index in [9.17, 15) is 0 Å². The summed E-state index contributed by atoms with van der Waals surface area (Å²) in [6.07, 6.45) is 0. The maximum absolute atomic E-state index is 4.18. The second kappa shape index (κ2) is 4.57. The molecule has 1 nitrogen and oxygen atoms in total. The molecule has 0 N–H and O–H groups in total. The number of benzene rings is 1. The monoisotopic (exact) mass is 185 g/mol. The Hall–Kier alpha value is -0.280. The van der Waals surface area contributed by atoms with Crippen LogP contribution in [0.3, 0.4) is 0 Å². The van der Waals surface area contributed by atoms with E-state index >= 15 is 0 Å². The van der Waals surface area contributed by atoms with Crippen LogP contribution in [0.4, 0.5) is 5.69 Å². The molecule has 0 aromatic heterocycles. The van der Waals surface area contributed by atoms with E-state index in [0.717, 1.165) is 5.69 Å². The number of rotatable bonds is 3. The Kier molecular flexibility index (Phi) is 3.66. The normalized spacial score (nSPS) is 9.64. The molecule has 0 bridgehead atoms. The molecule has 0 heterocycles. The molecular weight excluding hydrogens is 174 g/mol. The van der Waals surface area contributed by atoms with Gasteiger partial charge in [0.1, 0.15) is 0 Å². The maximum Gasteiger partial charge on any atom is 0.0618 e. The van der Waals surface area contributed by atoms with Crippen molar-refractivity contribution in [1.29, 1.82) is 0 Å². The highest BCUT2D eigenvalue weighted by atomic mass is 32.1. The largest absolute Gasteiger partial charge is 0.354 e. The van der Waals surface area contributed by atoms with Gasteiger partial charge in [0.05, 0.1) is 11.8 Å². The quantitative estimate of drug-likeness (QED) is 0.540. The second-order valence-corrected chi connectivity index (χ2v) is 2.72. The van der Waals surface area contributed by atoms with Crippen LogP contribution in [0.1, 0.15) is 0 Å². The first-order valence-corrected chi connectivity index (χ1v) is 4.66. The molecule has 0 fully saturated rings. The first kappa shape index (κ1) is 8.81. The van der Waals surface area contributed by atoms with Crippen molar-refractivity contribution in [2.75, 3.05) is 16.7 Å². The number of thiol groups is 2. The van der Waals surface area contributed by atoms with Gasteiger partial charge in [-0.05, 0) is 12.1 Å². The third kappa shape index (κ3) is 2.34. The van der Waals surface area contributed by atoms with Crippen molar-refractivity contribution in [3.63, 3.8) is 0 Å². The number of hydrogen-bond acceptors (Lipinski definition) is 3. The summed E-state index contributed by atoms with van der Waals surface area (Å²) in [6, 6.07) is 10.1. The molecule has 1 rings (SSSR count). The van der Waals surface area contributed by atoms with E-state index in [1.165, 1.54) is 0 Å². The van der Waals surface area contributed by atoms with E-state index in [1.807, 2.05) is 30.3 Å². The highest BCUT2D eigenvalue weighted by molar-refractivity contribution is 7.81. The van der Waals surface area contributed by atoms with Gasteiger partial charge in [0.25, 0.3) is 0 Å². The molecule has 0 amide bonds.